The van der Waals surface area contributed by atoms with Crippen LogP contribution in [0.1, 0.15) is 39.5 Å². The molecule has 2 unspecified atom stereocenters. The molecule has 1 saturated heterocycles. The van der Waals surface area contributed by atoms with Crippen molar-refractivity contribution in [1.82, 2.24) is 4.90 Å². The molecule has 2 heteroatoms. The largest absolute Gasteiger partial charge is 0.329 e. The minimum Gasteiger partial charge on any atom is -0.329 e. The molecule has 1 aliphatic carbocycles. The Kier molecular flexibility index (Phi) is 3.13. The van der Waals surface area contributed by atoms with Crippen LogP contribution in [0.4, 0.5) is 0 Å². The first-order valence-corrected chi connectivity index (χ1v) is 6.18. The molecule has 0 amide bonds. The van der Waals surface area contributed by atoms with Crippen LogP contribution >= 0.6 is 0 Å². The van der Waals surface area contributed by atoms with E-state index in [1.54, 1.807) is 0 Å². The molecule has 0 aromatic heterocycles. The van der Waals surface area contributed by atoms with Gasteiger partial charge in [-0.1, -0.05) is 13.8 Å². The molecule has 0 bridgehead atoms. The summed E-state index contributed by atoms with van der Waals surface area (Å²) in [4.78, 5) is 2.70. The van der Waals surface area contributed by atoms with E-state index in [0.29, 0.717) is 6.04 Å². The number of likely N-dealkylation sites (tertiary alicyclic amines) is 1. The summed E-state index contributed by atoms with van der Waals surface area (Å²) in [5.74, 6) is 1.76. The quantitative estimate of drug-likeness (QED) is 0.730. The van der Waals surface area contributed by atoms with Gasteiger partial charge < -0.3 is 5.73 Å². The molecule has 2 nitrogen and oxygen atoms in total. The smallest absolute Gasteiger partial charge is 0.0246 e. The Hall–Kier alpha value is -0.0800. The van der Waals surface area contributed by atoms with Gasteiger partial charge in [-0.3, -0.25) is 4.90 Å². The molecule has 1 aliphatic heterocycles. The van der Waals surface area contributed by atoms with Gasteiger partial charge >= 0.3 is 0 Å². The fourth-order valence-electron chi connectivity index (χ4n) is 3.23. The van der Waals surface area contributed by atoms with Crippen LogP contribution in [-0.4, -0.2) is 30.1 Å². The molecule has 1 saturated carbocycles. The van der Waals surface area contributed by atoms with Crippen LogP contribution in [-0.2, 0) is 0 Å². The third-order valence-electron chi connectivity index (χ3n) is 4.22. The molecule has 2 aliphatic rings. The maximum absolute atomic E-state index is 5.89. The standard InChI is InChI=1S/C12H24N2/c1-9-6-11(7-9)14-5-3-4-10(2)12(14)8-13/h9-12H,3-8,13H2,1-2H3. The third-order valence-corrected chi connectivity index (χ3v) is 4.22. The van der Waals surface area contributed by atoms with Crippen LogP contribution in [0.25, 0.3) is 0 Å². The summed E-state index contributed by atoms with van der Waals surface area (Å²) < 4.78 is 0. The van der Waals surface area contributed by atoms with Gasteiger partial charge in [0.15, 0.2) is 0 Å². The molecular weight excluding hydrogens is 172 g/mol. The van der Waals surface area contributed by atoms with Crippen molar-refractivity contribution in [3.05, 3.63) is 0 Å². The molecule has 2 N–H and O–H groups in total. The summed E-state index contributed by atoms with van der Waals surface area (Å²) in [5.41, 5.74) is 5.89. The van der Waals surface area contributed by atoms with Crippen LogP contribution in [0.2, 0.25) is 0 Å². The van der Waals surface area contributed by atoms with E-state index in [2.05, 4.69) is 18.7 Å². The topological polar surface area (TPSA) is 29.3 Å². The van der Waals surface area contributed by atoms with Crippen molar-refractivity contribution in [1.29, 1.82) is 0 Å². The molecule has 0 spiro atoms. The molecular formula is C12H24N2. The highest BCUT2D eigenvalue weighted by Crippen LogP contribution is 2.36. The van der Waals surface area contributed by atoms with Gasteiger partial charge in [0.1, 0.15) is 0 Å². The lowest BCUT2D eigenvalue weighted by molar-refractivity contribution is 0.00589. The predicted molar refractivity (Wildman–Crippen MR) is 60.1 cm³/mol. The van der Waals surface area contributed by atoms with Crippen molar-refractivity contribution in [2.24, 2.45) is 17.6 Å². The average molecular weight is 196 g/mol. The van der Waals surface area contributed by atoms with Crippen LogP contribution in [0.15, 0.2) is 0 Å². The van der Waals surface area contributed by atoms with Gasteiger partial charge in [0, 0.05) is 18.6 Å². The van der Waals surface area contributed by atoms with Gasteiger partial charge in [0.05, 0.1) is 0 Å². The van der Waals surface area contributed by atoms with Crippen molar-refractivity contribution in [2.75, 3.05) is 13.1 Å². The van der Waals surface area contributed by atoms with E-state index in [-0.39, 0.29) is 0 Å². The first kappa shape index (κ1) is 10.4. The minimum atomic E-state index is 0.668. The van der Waals surface area contributed by atoms with Crippen molar-refractivity contribution in [3.8, 4) is 0 Å². The Labute approximate surface area is 87.8 Å². The van der Waals surface area contributed by atoms with Gasteiger partial charge in [0.25, 0.3) is 0 Å². The highest BCUT2D eigenvalue weighted by atomic mass is 15.2. The molecule has 2 rings (SSSR count). The third kappa shape index (κ3) is 1.82. The van der Waals surface area contributed by atoms with Gasteiger partial charge in [-0.15, -0.1) is 0 Å². The SMILES string of the molecule is CC1CC(N2CCCC(C)C2CN)C1. The summed E-state index contributed by atoms with van der Waals surface area (Å²) in [6.45, 7) is 6.88. The Morgan fingerprint density at radius 2 is 2.00 bits per heavy atom. The maximum Gasteiger partial charge on any atom is 0.0246 e. The number of hydrogen-bond donors (Lipinski definition) is 1. The van der Waals surface area contributed by atoms with Crippen molar-refractivity contribution < 1.29 is 0 Å². The van der Waals surface area contributed by atoms with E-state index < -0.39 is 0 Å². The zero-order valence-electron chi connectivity index (χ0n) is 9.58. The number of hydrogen-bond acceptors (Lipinski definition) is 2. The Morgan fingerprint density at radius 3 is 2.57 bits per heavy atom. The molecule has 1 heterocycles. The van der Waals surface area contributed by atoms with Crippen molar-refractivity contribution in [3.63, 3.8) is 0 Å². The summed E-state index contributed by atoms with van der Waals surface area (Å²) in [5, 5.41) is 0. The predicted octanol–water partition coefficient (Wildman–Crippen LogP) is 1.84. The molecule has 82 valence electrons. The monoisotopic (exact) mass is 196 g/mol. The minimum absolute atomic E-state index is 0.668. The Bertz CT molecular complexity index is 187. The van der Waals surface area contributed by atoms with E-state index in [1.165, 1.54) is 32.2 Å². The average Bonchev–Trinajstić information content (AvgIpc) is 2.13. The van der Waals surface area contributed by atoms with Crippen LogP contribution in [0.5, 0.6) is 0 Å². The van der Waals surface area contributed by atoms with Gasteiger partial charge in [-0.25, -0.2) is 0 Å². The molecule has 2 atom stereocenters. The van der Waals surface area contributed by atoms with Crippen LogP contribution in [0, 0.1) is 11.8 Å². The summed E-state index contributed by atoms with van der Waals surface area (Å²) in [6.07, 6.45) is 5.57. The van der Waals surface area contributed by atoms with Crippen molar-refractivity contribution in [2.45, 2.75) is 51.6 Å². The summed E-state index contributed by atoms with van der Waals surface area (Å²) in [7, 11) is 0. The van der Waals surface area contributed by atoms with E-state index in [1.807, 2.05) is 0 Å². The fourth-order valence-corrected chi connectivity index (χ4v) is 3.23. The van der Waals surface area contributed by atoms with E-state index in [0.717, 1.165) is 24.4 Å². The second-order valence-corrected chi connectivity index (χ2v) is 5.39. The van der Waals surface area contributed by atoms with E-state index in [9.17, 15) is 0 Å². The first-order chi connectivity index (χ1) is 6.72. The first-order valence-electron chi connectivity index (χ1n) is 6.18. The highest BCUT2D eigenvalue weighted by molar-refractivity contribution is 4.92. The summed E-state index contributed by atoms with van der Waals surface area (Å²) in [6, 6.07) is 1.53. The number of nitrogens with zero attached hydrogens (tertiary/aromatic N) is 1. The zero-order valence-corrected chi connectivity index (χ0v) is 9.58. The van der Waals surface area contributed by atoms with Gasteiger partial charge in [0.2, 0.25) is 0 Å². The zero-order chi connectivity index (χ0) is 10.1. The lowest BCUT2D eigenvalue weighted by Gasteiger charge is -2.49. The molecule has 0 radical (unpaired) electrons. The molecule has 0 aromatic rings. The van der Waals surface area contributed by atoms with Crippen LogP contribution < -0.4 is 5.73 Å². The van der Waals surface area contributed by atoms with Crippen LogP contribution in [0.3, 0.4) is 0 Å². The second kappa shape index (κ2) is 4.19. The lowest BCUT2D eigenvalue weighted by Crippen LogP contribution is -2.56. The number of piperidine rings is 1. The van der Waals surface area contributed by atoms with Crippen molar-refractivity contribution >= 4 is 0 Å². The van der Waals surface area contributed by atoms with Gasteiger partial charge in [-0.2, -0.15) is 0 Å². The van der Waals surface area contributed by atoms with E-state index >= 15 is 0 Å². The molecule has 0 aromatic carbocycles. The summed E-state index contributed by atoms with van der Waals surface area (Å²) >= 11 is 0. The van der Waals surface area contributed by atoms with E-state index in [4.69, 9.17) is 5.73 Å². The Balaban J connectivity index is 1.94. The number of rotatable bonds is 2. The van der Waals surface area contributed by atoms with Gasteiger partial charge in [-0.05, 0) is 44.1 Å². The highest BCUT2D eigenvalue weighted by Gasteiger charge is 2.37. The lowest BCUT2D eigenvalue weighted by atomic mass is 9.78. The maximum atomic E-state index is 5.89. The molecule has 2 fully saturated rings. The fraction of sp³-hybridized carbons (Fsp3) is 1.00. The normalized spacial score (nSPS) is 44.8. The Morgan fingerprint density at radius 1 is 1.29 bits per heavy atom. The second-order valence-electron chi connectivity index (χ2n) is 5.39. The molecule has 14 heavy (non-hydrogen) atoms. The number of nitrogens with two attached hydrogens (primary N) is 1.